The number of halogens is 3. The van der Waals surface area contributed by atoms with E-state index in [9.17, 15) is 44.4 Å². The van der Waals surface area contributed by atoms with E-state index >= 15 is 0 Å². The first-order valence-electron chi connectivity index (χ1n) is 15.4. The molecule has 4 aromatic rings. The van der Waals surface area contributed by atoms with Gasteiger partial charge in [0.05, 0.1) is 37.9 Å². The van der Waals surface area contributed by atoms with Gasteiger partial charge in [-0.2, -0.15) is 46.5 Å². The Bertz CT molecular complexity index is 2260. The Morgan fingerprint density at radius 3 is 1.89 bits per heavy atom. The Kier molecular flexibility index (Phi) is 14.7. The summed E-state index contributed by atoms with van der Waals surface area (Å²) in [6.07, 6.45) is -5.01. The molecule has 0 atom stereocenters. The second-order valence-electron chi connectivity index (χ2n) is 10.9. The maximum atomic E-state index is 12.5. The molecule has 21 nitrogen and oxygen atoms in total. The third-order valence-corrected chi connectivity index (χ3v) is 9.23. The van der Waals surface area contributed by atoms with Gasteiger partial charge in [0.15, 0.2) is 5.03 Å². The molecule has 3 heterocycles. The van der Waals surface area contributed by atoms with Crippen molar-refractivity contribution in [2.75, 3.05) is 46.1 Å². The maximum Gasteiger partial charge on any atom is 0.389 e. The highest BCUT2D eigenvalue weighted by Crippen LogP contribution is 2.25. The van der Waals surface area contributed by atoms with E-state index < -0.39 is 67.0 Å². The molecule has 0 bridgehead atoms. The quantitative estimate of drug-likeness (QED) is 0.159. The van der Waals surface area contributed by atoms with Gasteiger partial charge < -0.3 is 19.1 Å². The van der Waals surface area contributed by atoms with Crippen LogP contribution >= 0.6 is 0 Å². The molecule has 26 heteroatoms. The second kappa shape index (κ2) is 18.7. The number of urea groups is 2. The van der Waals surface area contributed by atoms with E-state index in [1.165, 1.54) is 89.8 Å². The van der Waals surface area contributed by atoms with E-state index in [0.717, 1.165) is 6.07 Å². The number of rotatable bonds is 12. The fourth-order valence-corrected chi connectivity index (χ4v) is 6.35. The molecule has 0 aliphatic rings. The van der Waals surface area contributed by atoms with E-state index in [2.05, 4.69) is 40.5 Å². The number of anilines is 2. The van der Waals surface area contributed by atoms with Crippen molar-refractivity contribution in [2.24, 2.45) is 0 Å². The average Bonchev–Trinajstić information content (AvgIpc) is 3.12. The second-order valence-corrected chi connectivity index (χ2v) is 14.1. The molecule has 0 aliphatic carbocycles. The SMILES string of the molecule is COc1cc(OC)nc(NC(=O)NS(=O)(=O)c2ncccc2C(=O)N(C)C)n1.COc1nc(C)nc(NC(=O)NS(=O)(=O)c2ccccc2CCC(F)(F)F)n1. The molecule has 56 heavy (non-hydrogen) atoms. The molecule has 1 aromatic carbocycles. The Labute approximate surface area is 317 Å². The van der Waals surface area contributed by atoms with Crippen molar-refractivity contribution in [3.63, 3.8) is 0 Å². The van der Waals surface area contributed by atoms with Crippen molar-refractivity contribution in [3.8, 4) is 17.8 Å². The molecule has 0 unspecified atom stereocenters. The molecule has 0 saturated carbocycles. The monoisotopic (exact) mass is 829 g/mol. The van der Waals surface area contributed by atoms with Crippen LogP contribution in [0, 0.1) is 6.92 Å². The third kappa shape index (κ3) is 12.9. The van der Waals surface area contributed by atoms with Gasteiger partial charge in [-0.15, -0.1) is 0 Å². The van der Waals surface area contributed by atoms with Gasteiger partial charge in [-0.1, -0.05) is 18.2 Å². The number of sulfonamides is 2. The van der Waals surface area contributed by atoms with Crippen LogP contribution in [-0.2, 0) is 26.5 Å². The number of alkyl halides is 3. The van der Waals surface area contributed by atoms with Crippen molar-refractivity contribution < 1.29 is 58.6 Å². The van der Waals surface area contributed by atoms with Crippen molar-refractivity contribution >= 4 is 49.9 Å². The number of benzene rings is 1. The van der Waals surface area contributed by atoms with Crippen LogP contribution in [0.1, 0.15) is 28.2 Å². The molecule has 3 aromatic heterocycles. The van der Waals surface area contributed by atoms with Crippen LogP contribution in [0.15, 0.2) is 58.6 Å². The topological polar surface area (TPSA) is 276 Å². The summed E-state index contributed by atoms with van der Waals surface area (Å²) in [7, 11) is -1.99. The van der Waals surface area contributed by atoms with Crippen molar-refractivity contribution in [2.45, 2.75) is 35.9 Å². The third-order valence-electron chi connectivity index (χ3n) is 6.51. The predicted molar refractivity (Wildman–Crippen MR) is 188 cm³/mol. The van der Waals surface area contributed by atoms with Crippen molar-refractivity contribution in [1.29, 1.82) is 0 Å². The Morgan fingerprint density at radius 2 is 1.34 bits per heavy atom. The van der Waals surface area contributed by atoms with Crippen LogP contribution in [0.4, 0.5) is 34.7 Å². The molecule has 4 rings (SSSR count). The first kappa shape index (κ1) is 44.0. The largest absolute Gasteiger partial charge is 0.481 e. The minimum absolute atomic E-state index is 0.0715. The Hall–Kier alpha value is -6.44. The highest BCUT2D eigenvalue weighted by atomic mass is 32.2. The molecule has 302 valence electrons. The number of hydrogen-bond acceptors (Lipinski definition) is 16. The number of amides is 5. The normalized spacial score (nSPS) is 11.2. The van der Waals surface area contributed by atoms with Gasteiger partial charge in [-0.3, -0.25) is 15.4 Å². The molecule has 0 fully saturated rings. The number of carbonyl (C=O) groups excluding carboxylic acids is 3. The smallest absolute Gasteiger partial charge is 0.389 e. The highest BCUT2D eigenvalue weighted by molar-refractivity contribution is 7.90. The Balaban J connectivity index is 0.000000300. The van der Waals surface area contributed by atoms with Gasteiger partial charge >= 0.3 is 24.2 Å². The summed E-state index contributed by atoms with van der Waals surface area (Å²) < 4.78 is 105. The Morgan fingerprint density at radius 1 is 0.768 bits per heavy atom. The molecule has 0 saturated heterocycles. The first-order valence-corrected chi connectivity index (χ1v) is 18.4. The minimum Gasteiger partial charge on any atom is -0.481 e. The highest BCUT2D eigenvalue weighted by Gasteiger charge is 2.29. The van der Waals surface area contributed by atoms with Crippen LogP contribution in [0.2, 0.25) is 0 Å². The van der Waals surface area contributed by atoms with Gasteiger partial charge in [0.1, 0.15) is 5.82 Å². The summed E-state index contributed by atoms with van der Waals surface area (Å²) in [6.45, 7) is 1.50. The van der Waals surface area contributed by atoms with Gasteiger partial charge in [-0.25, -0.2) is 32.4 Å². The van der Waals surface area contributed by atoms with E-state index in [1.807, 2.05) is 0 Å². The zero-order valence-corrected chi connectivity index (χ0v) is 31.8. The summed E-state index contributed by atoms with van der Waals surface area (Å²) in [5.74, 6) is -0.712. The summed E-state index contributed by atoms with van der Waals surface area (Å²) in [5, 5.41) is 3.67. The molecule has 0 aliphatic heterocycles. The summed E-state index contributed by atoms with van der Waals surface area (Å²) in [5.41, 5.74) is -0.259. The van der Waals surface area contributed by atoms with Crippen molar-refractivity contribution in [3.05, 3.63) is 65.6 Å². The van der Waals surface area contributed by atoms with E-state index in [4.69, 9.17) is 14.2 Å². The number of carbonyl (C=O) groups is 3. The number of aromatic nitrogens is 6. The number of hydrogen-bond donors (Lipinski definition) is 4. The first-order chi connectivity index (χ1) is 26.2. The van der Waals surface area contributed by atoms with Crippen LogP contribution in [0.25, 0.3) is 0 Å². The zero-order chi connectivity index (χ0) is 41.8. The van der Waals surface area contributed by atoms with Gasteiger partial charge in [-0.05, 0) is 37.1 Å². The van der Waals surface area contributed by atoms with Crippen LogP contribution < -0.4 is 34.3 Å². The number of ether oxygens (including phenoxy) is 3. The number of nitrogens with zero attached hydrogens (tertiary/aromatic N) is 7. The number of pyridine rings is 1. The number of methoxy groups -OCH3 is 3. The average molecular weight is 830 g/mol. The summed E-state index contributed by atoms with van der Waals surface area (Å²) >= 11 is 0. The van der Waals surface area contributed by atoms with Gasteiger partial charge in [0.2, 0.25) is 23.7 Å². The lowest BCUT2D eigenvalue weighted by atomic mass is 10.1. The van der Waals surface area contributed by atoms with E-state index in [-0.39, 0.29) is 46.6 Å². The van der Waals surface area contributed by atoms with E-state index in [1.54, 1.807) is 9.44 Å². The summed E-state index contributed by atoms with van der Waals surface area (Å²) in [6, 6.07) is 6.71. The van der Waals surface area contributed by atoms with Crippen LogP contribution in [0.5, 0.6) is 17.8 Å². The van der Waals surface area contributed by atoms with Gasteiger partial charge in [0, 0.05) is 26.7 Å². The lowest BCUT2D eigenvalue weighted by Gasteiger charge is -2.14. The van der Waals surface area contributed by atoms with Crippen LogP contribution in [0.3, 0.4) is 0 Å². The molecule has 0 spiro atoms. The number of nitrogens with one attached hydrogen (secondary N) is 4. The number of aryl methyl sites for hydroxylation is 2. The molecular formula is C30H34F3N11O10S2. The van der Waals surface area contributed by atoms with Crippen LogP contribution in [-0.4, -0.2) is 111 Å². The molecule has 5 amide bonds. The lowest BCUT2D eigenvalue weighted by molar-refractivity contribution is -0.134. The minimum atomic E-state index is -4.46. The van der Waals surface area contributed by atoms with Gasteiger partial charge in [0.25, 0.3) is 26.0 Å². The fraction of sp³-hybridized carbons (Fsp3) is 0.300. The predicted octanol–water partition coefficient (Wildman–Crippen LogP) is 2.29. The molecular weight excluding hydrogens is 796 g/mol. The summed E-state index contributed by atoms with van der Waals surface area (Å²) in [4.78, 5) is 59.9. The standard InChI is InChI=1S/C15H16F3N5O4S.C15H18N6O6S/c1-9-19-12(22-14(20-9)27-2)21-13(24)23-28(25,26)11-6-4-3-5-10(11)7-8-15(16,17)18;1-21(2)13(22)9-6-5-7-16-12(9)28(24,25)20-15(23)19-14-17-10(26-3)8-11(18-14)27-4/h3-6H,7-8H2,1-2H3,(H2,19,20,21,22,23,24);5-8H,1-4H3,(H2,17,18,19,20,23). The van der Waals surface area contributed by atoms with E-state index in [0.29, 0.717) is 0 Å². The fourth-order valence-electron chi connectivity index (χ4n) is 4.13. The molecule has 0 radical (unpaired) electrons. The maximum absolute atomic E-state index is 12.5. The zero-order valence-electron chi connectivity index (χ0n) is 30.2. The van der Waals surface area contributed by atoms with Crippen molar-refractivity contribution in [1.82, 2.24) is 44.2 Å². The molecule has 4 N–H and O–H groups in total. The lowest BCUT2D eigenvalue weighted by Crippen LogP contribution is -2.36.